The number of nitrogens with zero attached hydrogens (tertiary/aromatic N) is 1. The zero-order valence-corrected chi connectivity index (χ0v) is 18.3. The van der Waals surface area contributed by atoms with E-state index in [4.69, 9.17) is 9.47 Å². The Morgan fingerprint density at radius 1 is 1.12 bits per heavy atom. The summed E-state index contributed by atoms with van der Waals surface area (Å²) in [5, 5.41) is 6.93. The summed E-state index contributed by atoms with van der Waals surface area (Å²) in [6, 6.07) is 9.14. The number of nitrogens with one attached hydrogen (secondary N) is 1. The summed E-state index contributed by atoms with van der Waals surface area (Å²) in [4.78, 5) is 11.9. The van der Waals surface area contributed by atoms with Crippen LogP contribution in [0.25, 0.3) is 0 Å². The second-order valence-corrected chi connectivity index (χ2v) is 7.77. The molecule has 1 N–H and O–H groups in total. The third kappa shape index (κ3) is 5.30. The number of rotatable bonds is 8. The number of aromatic amines is 1. The highest BCUT2D eigenvalue weighted by atomic mass is 19.4. The van der Waals surface area contributed by atoms with Crippen molar-refractivity contribution in [3.05, 3.63) is 76.1 Å². The number of hydrogen-bond acceptors (Lipinski definition) is 4. The molecule has 0 aliphatic carbocycles. The van der Waals surface area contributed by atoms with Gasteiger partial charge in [-0.15, -0.1) is 0 Å². The molecule has 3 rings (SSSR count). The lowest BCUT2D eigenvalue weighted by molar-refractivity contribution is -0.138. The van der Waals surface area contributed by atoms with Crippen LogP contribution in [0, 0.1) is 13.8 Å². The molecule has 8 heteroatoms. The van der Waals surface area contributed by atoms with Gasteiger partial charge in [-0.25, -0.2) is 0 Å². The summed E-state index contributed by atoms with van der Waals surface area (Å²) >= 11 is 0. The zero-order valence-electron chi connectivity index (χ0n) is 18.3. The molecule has 5 nitrogen and oxygen atoms in total. The van der Waals surface area contributed by atoms with Crippen molar-refractivity contribution in [1.29, 1.82) is 0 Å². The number of benzene rings is 2. The van der Waals surface area contributed by atoms with E-state index < -0.39 is 11.7 Å². The Morgan fingerprint density at radius 2 is 1.88 bits per heavy atom. The van der Waals surface area contributed by atoms with Crippen molar-refractivity contribution >= 4 is 5.78 Å². The second kappa shape index (κ2) is 9.46. The number of halogens is 3. The molecule has 1 aromatic heterocycles. The minimum absolute atomic E-state index is 0.0222. The minimum atomic E-state index is -4.47. The van der Waals surface area contributed by atoms with Crippen LogP contribution in [0.2, 0.25) is 0 Å². The summed E-state index contributed by atoms with van der Waals surface area (Å²) in [5.74, 6) is 0.478. The fraction of sp³-hybridized carbons (Fsp3) is 0.333. The zero-order chi connectivity index (χ0) is 23.5. The average molecular weight is 446 g/mol. The molecule has 3 aromatic rings. The number of carbonyl (C=O) groups excluding carboxylic acids is 1. The molecule has 0 fully saturated rings. The Hall–Kier alpha value is -3.29. The standard InChI is InChI=1S/C24H25F3N2O3/c1-14-5-7-21(24(25,26)27)18(9-14)13-32-22-8-6-17(11-23(22)31-4)19(10-15(2)30)20-12-28-29-16(20)3/h5-9,11-12,19H,10,13H2,1-4H3,(H,28,29). The molecule has 2 aromatic carbocycles. The van der Waals surface area contributed by atoms with Gasteiger partial charge in [0, 0.05) is 29.2 Å². The number of alkyl halides is 3. The molecule has 1 heterocycles. The van der Waals surface area contributed by atoms with Crippen molar-refractivity contribution in [3.63, 3.8) is 0 Å². The quantitative estimate of drug-likeness (QED) is 0.479. The van der Waals surface area contributed by atoms with Crippen LogP contribution >= 0.6 is 0 Å². The van der Waals surface area contributed by atoms with Gasteiger partial charge >= 0.3 is 6.18 Å². The van der Waals surface area contributed by atoms with Crippen LogP contribution in [-0.4, -0.2) is 23.1 Å². The van der Waals surface area contributed by atoms with Gasteiger partial charge < -0.3 is 9.47 Å². The number of carbonyl (C=O) groups is 1. The number of H-pyrrole nitrogens is 1. The first kappa shape index (κ1) is 23.4. The molecule has 1 atom stereocenters. The van der Waals surface area contributed by atoms with Crippen LogP contribution in [0.1, 0.15) is 52.8 Å². The highest BCUT2D eigenvalue weighted by Gasteiger charge is 2.33. The number of Topliss-reactive ketones (excluding diaryl/α,β-unsaturated/α-hetero) is 1. The number of ether oxygens (including phenoxy) is 2. The van der Waals surface area contributed by atoms with E-state index in [1.807, 2.05) is 6.92 Å². The summed E-state index contributed by atoms with van der Waals surface area (Å²) in [6.07, 6.45) is -2.50. The summed E-state index contributed by atoms with van der Waals surface area (Å²) < 4.78 is 51.2. The highest BCUT2D eigenvalue weighted by Crippen LogP contribution is 2.37. The molecule has 0 radical (unpaired) electrons. The molecule has 0 bridgehead atoms. The average Bonchev–Trinajstić information content (AvgIpc) is 3.15. The van der Waals surface area contributed by atoms with Crippen LogP contribution in [0.5, 0.6) is 11.5 Å². The van der Waals surface area contributed by atoms with Gasteiger partial charge in [0.1, 0.15) is 12.4 Å². The van der Waals surface area contributed by atoms with Crippen LogP contribution in [0.15, 0.2) is 42.6 Å². The monoisotopic (exact) mass is 446 g/mol. The van der Waals surface area contributed by atoms with Crippen LogP contribution in [-0.2, 0) is 17.6 Å². The predicted molar refractivity (Wildman–Crippen MR) is 114 cm³/mol. The number of ketones is 1. The van der Waals surface area contributed by atoms with Gasteiger partial charge in [0.05, 0.1) is 18.9 Å². The van der Waals surface area contributed by atoms with E-state index >= 15 is 0 Å². The predicted octanol–water partition coefficient (Wildman–Crippen LogP) is 5.74. The number of hydrogen-bond donors (Lipinski definition) is 1. The Kier molecular flexibility index (Phi) is 6.91. The van der Waals surface area contributed by atoms with Gasteiger partial charge in [0.2, 0.25) is 0 Å². The van der Waals surface area contributed by atoms with Crippen LogP contribution in [0.4, 0.5) is 13.2 Å². The maximum absolute atomic E-state index is 13.3. The van der Waals surface area contributed by atoms with Crippen molar-refractivity contribution in [2.45, 2.75) is 45.9 Å². The first-order chi connectivity index (χ1) is 15.1. The van der Waals surface area contributed by atoms with Crippen molar-refractivity contribution in [2.75, 3.05) is 7.11 Å². The van der Waals surface area contributed by atoms with E-state index in [0.29, 0.717) is 17.1 Å². The molecule has 1 unspecified atom stereocenters. The number of aryl methyl sites for hydroxylation is 2. The van der Waals surface area contributed by atoms with Gasteiger partial charge in [-0.05, 0) is 44.5 Å². The van der Waals surface area contributed by atoms with Crippen LogP contribution < -0.4 is 9.47 Å². The Morgan fingerprint density at radius 3 is 2.47 bits per heavy atom. The maximum Gasteiger partial charge on any atom is 0.416 e. The van der Waals surface area contributed by atoms with Crippen molar-refractivity contribution < 1.29 is 27.4 Å². The molecule has 32 heavy (non-hydrogen) atoms. The Labute approximate surface area is 184 Å². The molecule has 0 saturated carbocycles. The summed E-state index contributed by atoms with van der Waals surface area (Å²) in [7, 11) is 1.46. The van der Waals surface area contributed by atoms with E-state index in [-0.39, 0.29) is 30.3 Å². The molecule has 0 aliphatic heterocycles. The van der Waals surface area contributed by atoms with E-state index in [9.17, 15) is 18.0 Å². The maximum atomic E-state index is 13.3. The summed E-state index contributed by atoms with van der Waals surface area (Å²) in [5.41, 5.74) is 2.60. The van der Waals surface area contributed by atoms with Crippen molar-refractivity contribution in [3.8, 4) is 11.5 Å². The SMILES string of the molecule is COc1cc(C(CC(C)=O)c2cn[nH]c2C)ccc1OCc1cc(C)ccc1C(F)(F)F. The molecule has 0 spiro atoms. The minimum Gasteiger partial charge on any atom is -0.493 e. The smallest absolute Gasteiger partial charge is 0.416 e. The normalized spacial score (nSPS) is 12.5. The molecular formula is C24H25F3N2O3. The van der Waals surface area contributed by atoms with Crippen molar-refractivity contribution in [2.24, 2.45) is 0 Å². The van der Waals surface area contributed by atoms with Crippen LogP contribution in [0.3, 0.4) is 0 Å². The van der Waals surface area contributed by atoms with Gasteiger partial charge in [0.15, 0.2) is 11.5 Å². The van der Waals surface area contributed by atoms with Gasteiger partial charge in [-0.3, -0.25) is 9.89 Å². The van der Waals surface area contributed by atoms with Crippen molar-refractivity contribution in [1.82, 2.24) is 10.2 Å². The first-order valence-corrected chi connectivity index (χ1v) is 10.1. The summed E-state index contributed by atoms with van der Waals surface area (Å²) in [6.45, 7) is 4.87. The fourth-order valence-corrected chi connectivity index (χ4v) is 3.70. The van der Waals surface area contributed by atoms with E-state index in [1.54, 1.807) is 31.3 Å². The van der Waals surface area contributed by atoms with E-state index in [0.717, 1.165) is 22.9 Å². The topological polar surface area (TPSA) is 64.2 Å². The fourth-order valence-electron chi connectivity index (χ4n) is 3.70. The molecule has 0 saturated heterocycles. The Balaban J connectivity index is 1.90. The third-order valence-corrected chi connectivity index (χ3v) is 5.28. The lowest BCUT2D eigenvalue weighted by Gasteiger charge is -2.19. The Bertz CT molecular complexity index is 1110. The lowest BCUT2D eigenvalue weighted by Crippen LogP contribution is -2.11. The van der Waals surface area contributed by atoms with E-state index in [1.165, 1.54) is 26.2 Å². The van der Waals surface area contributed by atoms with Gasteiger partial charge in [-0.2, -0.15) is 18.3 Å². The van der Waals surface area contributed by atoms with Gasteiger partial charge in [-0.1, -0.05) is 23.8 Å². The highest BCUT2D eigenvalue weighted by molar-refractivity contribution is 5.77. The first-order valence-electron chi connectivity index (χ1n) is 10.1. The molecule has 0 aliphatic rings. The molecule has 0 amide bonds. The van der Waals surface area contributed by atoms with Gasteiger partial charge in [0.25, 0.3) is 0 Å². The van der Waals surface area contributed by atoms with E-state index in [2.05, 4.69) is 10.2 Å². The third-order valence-electron chi connectivity index (χ3n) is 5.28. The second-order valence-electron chi connectivity index (χ2n) is 7.77. The molecule has 170 valence electrons. The number of methoxy groups -OCH3 is 1. The lowest BCUT2D eigenvalue weighted by atomic mass is 9.87. The largest absolute Gasteiger partial charge is 0.493 e. The number of aromatic nitrogens is 2. The molecular weight excluding hydrogens is 421 g/mol.